The minimum Gasteiger partial charge on any atom is -0.467 e. The molecule has 3 aromatic carbocycles. The quantitative estimate of drug-likeness (QED) is 0.378. The van der Waals surface area contributed by atoms with E-state index in [1.54, 1.807) is 6.07 Å². The number of carbonyl (C=O) groups excluding carboxylic acids is 2. The number of amides is 1. The topological polar surface area (TPSA) is 98.5 Å². The van der Waals surface area contributed by atoms with E-state index in [-0.39, 0.29) is 18.5 Å². The number of esters is 1. The van der Waals surface area contributed by atoms with Crippen LogP contribution in [0.15, 0.2) is 66.7 Å². The summed E-state index contributed by atoms with van der Waals surface area (Å²) in [6.07, 6.45) is 0.199. The van der Waals surface area contributed by atoms with Gasteiger partial charge in [-0.15, -0.1) is 0 Å². The monoisotopic (exact) mass is 392 g/mol. The molecule has 148 valence electrons. The first-order chi connectivity index (χ1) is 14.0. The Morgan fingerprint density at radius 2 is 1.76 bits per heavy atom. The number of non-ortho nitro benzene ring substituents is 1. The molecule has 0 heterocycles. The lowest BCUT2D eigenvalue weighted by Crippen LogP contribution is -2.43. The van der Waals surface area contributed by atoms with E-state index in [0.29, 0.717) is 5.56 Å². The van der Waals surface area contributed by atoms with Gasteiger partial charge in [0.25, 0.3) is 5.69 Å². The molecule has 7 nitrogen and oxygen atoms in total. The summed E-state index contributed by atoms with van der Waals surface area (Å²) in [5.41, 5.74) is 1.29. The van der Waals surface area contributed by atoms with Crippen LogP contribution in [0, 0.1) is 10.1 Å². The van der Waals surface area contributed by atoms with Crippen molar-refractivity contribution in [3.63, 3.8) is 0 Å². The normalized spacial score (nSPS) is 11.6. The molecule has 0 aliphatic carbocycles. The van der Waals surface area contributed by atoms with E-state index in [0.717, 1.165) is 16.3 Å². The first-order valence-corrected chi connectivity index (χ1v) is 9.04. The molecule has 0 aliphatic heterocycles. The van der Waals surface area contributed by atoms with Crippen LogP contribution in [0.2, 0.25) is 0 Å². The molecule has 0 saturated heterocycles. The third-order valence-corrected chi connectivity index (χ3v) is 4.56. The number of methoxy groups -OCH3 is 1. The maximum absolute atomic E-state index is 12.4. The zero-order valence-corrected chi connectivity index (χ0v) is 15.8. The number of hydrogen-bond acceptors (Lipinski definition) is 5. The second-order valence-corrected chi connectivity index (χ2v) is 6.63. The van der Waals surface area contributed by atoms with Crippen molar-refractivity contribution in [1.29, 1.82) is 0 Å². The number of fused-ring (bicyclic) bond motifs is 1. The number of nitrogens with one attached hydrogen (secondary N) is 1. The third-order valence-electron chi connectivity index (χ3n) is 4.56. The summed E-state index contributed by atoms with van der Waals surface area (Å²) >= 11 is 0. The van der Waals surface area contributed by atoms with Gasteiger partial charge < -0.3 is 10.1 Å². The molecule has 1 atom stereocenters. The average molecular weight is 392 g/mol. The smallest absolute Gasteiger partial charge is 0.328 e. The Bertz CT molecular complexity index is 1060. The Morgan fingerprint density at radius 3 is 2.48 bits per heavy atom. The van der Waals surface area contributed by atoms with Gasteiger partial charge in [-0.1, -0.05) is 54.6 Å². The van der Waals surface area contributed by atoms with Crippen LogP contribution >= 0.6 is 0 Å². The zero-order chi connectivity index (χ0) is 20.8. The predicted molar refractivity (Wildman–Crippen MR) is 108 cm³/mol. The Morgan fingerprint density at radius 1 is 1.00 bits per heavy atom. The molecule has 3 rings (SSSR count). The van der Waals surface area contributed by atoms with Crippen molar-refractivity contribution in [3.8, 4) is 0 Å². The summed E-state index contributed by atoms with van der Waals surface area (Å²) in [5.74, 6) is -0.966. The predicted octanol–water partition coefficient (Wildman–Crippen LogP) is 3.19. The molecular formula is C22H20N2O5. The number of ether oxygens (including phenoxy) is 1. The highest BCUT2D eigenvalue weighted by atomic mass is 16.6. The van der Waals surface area contributed by atoms with E-state index in [1.165, 1.54) is 25.3 Å². The summed E-state index contributed by atoms with van der Waals surface area (Å²) in [5, 5.41) is 15.7. The molecule has 1 N–H and O–H groups in total. The van der Waals surface area contributed by atoms with Gasteiger partial charge in [0.2, 0.25) is 5.91 Å². The van der Waals surface area contributed by atoms with Crippen molar-refractivity contribution in [2.75, 3.05) is 7.11 Å². The molecule has 7 heteroatoms. The standard InChI is InChI=1S/C22H20N2O5/c1-29-22(26)20(13-16-9-10-17-6-2-3-7-18(17)11-16)23-21(25)14-15-5-4-8-19(12-15)24(27)28/h2-12,20H,13-14H2,1H3,(H,23,25)/t20-/m0/s1. The number of benzene rings is 3. The van der Waals surface area contributed by atoms with Crippen LogP contribution in [-0.2, 0) is 27.2 Å². The van der Waals surface area contributed by atoms with Gasteiger partial charge in [-0.2, -0.15) is 0 Å². The lowest BCUT2D eigenvalue weighted by atomic mass is 10.0. The van der Waals surface area contributed by atoms with Crippen LogP contribution in [0.5, 0.6) is 0 Å². The van der Waals surface area contributed by atoms with Crippen LogP contribution in [0.3, 0.4) is 0 Å². The molecule has 0 bridgehead atoms. The molecule has 0 aliphatic rings. The summed E-state index contributed by atoms with van der Waals surface area (Å²) < 4.78 is 4.83. The Hall–Kier alpha value is -3.74. The molecular weight excluding hydrogens is 372 g/mol. The van der Waals surface area contributed by atoms with E-state index in [2.05, 4.69) is 5.32 Å². The summed E-state index contributed by atoms with van der Waals surface area (Å²) in [6, 6.07) is 18.7. The van der Waals surface area contributed by atoms with Gasteiger partial charge in [0.05, 0.1) is 18.5 Å². The third kappa shape index (κ3) is 5.16. The van der Waals surface area contributed by atoms with Crippen molar-refractivity contribution in [1.82, 2.24) is 5.32 Å². The Labute approximate surface area is 167 Å². The van der Waals surface area contributed by atoms with E-state index in [9.17, 15) is 19.7 Å². The zero-order valence-electron chi connectivity index (χ0n) is 15.8. The minimum atomic E-state index is -0.854. The van der Waals surface area contributed by atoms with E-state index in [4.69, 9.17) is 4.74 Å². The van der Waals surface area contributed by atoms with Crippen LogP contribution in [0.25, 0.3) is 10.8 Å². The first kappa shape index (κ1) is 20.0. The Kier molecular flexibility index (Phi) is 6.19. The minimum absolute atomic E-state index is 0.0765. The highest BCUT2D eigenvalue weighted by molar-refractivity contribution is 5.86. The molecule has 0 radical (unpaired) electrons. The van der Waals surface area contributed by atoms with Crippen LogP contribution in [0.1, 0.15) is 11.1 Å². The largest absolute Gasteiger partial charge is 0.467 e. The van der Waals surface area contributed by atoms with Gasteiger partial charge in [0, 0.05) is 18.6 Å². The highest BCUT2D eigenvalue weighted by Crippen LogP contribution is 2.17. The molecule has 0 spiro atoms. The van der Waals surface area contributed by atoms with Gasteiger partial charge in [-0.25, -0.2) is 4.79 Å². The molecule has 0 saturated carbocycles. The molecule has 0 fully saturated rings. The average Bonchev–Trinajstić information content (AvgIpc) is 2.72. The molecule has 0 unspecified atom stereocenters. The summed E-state index contributed by atoms with van der Waals surface area (Å²) in [4.78, 5) is 35.0. The molecule has 29 heavy (non-hydrogen) atoms. The molecule has 0 aromatic heterocycles. The van der Waals surface area contributed by atoms with Crippen LogP contribution in [-0.4, -0.2) is 30.0 Å². The van der Waals surface area contributed by atoms with Crippen LogP contribution in [0.4, 0.5) is 5.69 Å². The Balaban J connectivity index is 1.72. The molecule has 3 aromatic rings. The lowest BCUT2D eigenvalue weighted by Gasteiger charge is -2.17. The SMILES string of the molecule is COC(=O)[C@H](Cc1ccc2ccccc2c1)NC(=O)Cc1cccc([N+](=O)[O-])c1. The van der Waals surface area contributed by atoms with E-state index < -0.39 is 22.8 Å². The summed E-state index contributed by atoms with van der Waals surface area (Å²) in [7, 11) is 1.27. The van der Waals surface area contributed by atoms with Gasteiger partial charge >= 0.3 is 5.97 Å². The van der Waals surface area contributed by atoms with Crippen molar-refractivity contribution in [2.24, 2.45) is 0 Å². The van der Waals surface area contributed by atoms with Crippen molar-refractivity contribution in [3.05, 3.63) is 88.0 Å². The van der Waals surface area contributed by atoms with E-state index in [1.807, 2.05) is 42.5 Å². The lowest BCUT2D eigenvalue weighted by molar-refractivity contribution is -0.384. The maximum Gasteiger partial charge on any atom is 0.328 e. The molecule has 1 amide bonds. The maximum atomic E-state index is 12.4. The number of nitro groups is 1. The van der Waals surface area contributed by atoms with E-state index >= 15 is 0 Å². The van der Waals surface area contributed by atoms with Crippen molar-refractivity contribution < 1.29 is 19.2 Å². The number of carbonyl (C=O) groups is 2. The van der Waals surface area contributed by atoms with Crippen LogP contribution < -0.4 is 5.32 Å². The number of hydrogen-bond donors (Lipinski definition) is 1. The van der Waals surface area contributed by atoms with Gasteiger partial charge in [0.15, 0.2) is 0 Å². The van der Waals surface area contributed by atoms with Crippen molar-refractivity contribution >= 4 is 28.3 Å². The number of nitro benzene ring substituents is 1. The van der Waals surface area contributed by atoms with Gasteiger partial charge in [-0.3, -0.25) is 14.9 Å². The fourth-order valence-corrected chi connectivity index (χ4v) is 3.15. The number of nitrogens with zero attached hydrogens (tertiary/aromatic N) is 1. The highest BCUT2D eigenvalue weighted by Gasteiger charge is 2.22. The van der Waals surface area contributed by atoms with Gasteiger partial charge in [-0.05, 0) is 21.9 Å². The fourth-order valence-electron chi connectivity index (χ4n) is 3.15. The summed E-state index contributed by atoms with van der Waals surface area (Å²) in [6.45, 7) is 0. The van der Waals surface area contributed by atoms with Gasteiger partial charge in [0.1, 0.15) is 6.04 Å². The second-order valence-electron chi connectivity index (χ2n) is 6.63. The first-order valence-electron chi connectivity index (χ1n) is 9.04. The number of rotatable bonds is 7. The fraction of sp³-hybridized carbons (Fsp3) is 0.182. The second kappa shape index (κ2) is 8.97. The van der Waals surface area contributed by atoms with Crippen molar-refractivity contribution in [2.45, 2.75) is 18.9 Å².